The van der Waals surface area contributed by atoms with Crippen molar-refractivity contribution in [2.24, 2.45) is 0 Å². The van der Waals surface area contributed by atoms with E-state index in [1.54, 1.807) is 12.1 Å². The SMILES string of the molecule is CC1(C)Cc2cccc(OCc3ccc(Br)cc3F)c2O1. The van der Waals surface area contributed by atoms with Gasteiger partial charge in [0.2, 0.25) is 0 Å². The zero-order valence-corrected chi connectivity index (χ0v) is 13.5. The molecule has 1 heterocycles. The highest BCUT2D eigenvalue weighted by Gasteiger charge is 2.32. The third-order valence-electron chi connectivity index (χ3n) is 3.45. The molecule has 0 N–H and O–H groups in total. The van der Waals surface area contributed by atoms with Crippen molar-refractivity contribution in [1.29, 1.82) is 0 Å². The van der Waals surface area contributed by atoms with Crippen LogP contribution in [0.15, 0.2) is 40.9 Å². The first-order valence-electron chi connectivity index (χ1n) is 6.82. The van der Waals surface area contributed by atoms with E-state index in [0.29, 0.717) is 11.3 Å². The number of benzene rings is 2. The molecule has 0 amide bonds. The molecule has 1 aliphatic rings. The molecule has 0 bridgehead atoms. The first-order chi connectivity index (χ1) is 9.94. The van der Waals surface area contributed by atoms with E-state index in [9.17, 15) is 4.39 Å². The van der Waals surface area contributed by atoms with Crippen LogP contribution < -0.4 is 9.47 Å². The van der Waals surface area contributed by atoms with Gasteiger partial charge >= 0.3 is 0 Å². The van der Waals surface area contributed by atoms with Crippen LogP contribution in [0.3, 0.4) is 0 Å². The third kappa shape index (κ3) is 3.05. The maximum Gasteiger partial charge on any atom is 0.165 e. The van der Waals surface area contributed by atoms with Gasteiger partial charge in [0, 0.05) is 22.0 Å². The van der Waals surface area contributed by atoms with Gasteiger partial charge in [-0.15, -0.1) is 0 Å². The molecule has 1 aliphatic heterocycles. The van der Waals surface area contributed by atoms with Crippen molar-refractivity contribution in [1.82, 2.24) is 0 Å². The van der Waals surface area contributed by atoms with Crippen molar-refractivity contribution in [3.8, 4) is 11.5 Å². The number of fused-ring (bicyclic) bond motifs is 1. The number of rotatable bonds is 3. The van der Waals surface area contributed by atoms with Crippen molar-refractivity contribution in [2.75, 3.05) is 0 Å². The molecule has 0 fully saturated rings. The number of hydrogen-bond acceptors (Lipinski definition) is 2. The molecular weight excluding hydrogens is 335 g/mol. The minimum absolute atomic E-state index is 0.180. The van der Waals surface area contributed by atoms with E-state index in [1.807, 2.05) is 32.0 Å². The minimum atomic E-state index is -0.279. The Hall–Kier alpha value is -1.55. The second kappa shape index (κ2) is 5.34. The fraction of sp³-hybridized carbons (Fsp3) is 0.294. The quantitative estimate of drug-likeness (QED) is 0.785. The highest BCUT2D eigenvalue weighted by Crippen LogP contribution is 2.42. The van der Waals surface area contributed by atoms with E-state index in [4.69, 9.17) is 9.47 Å². The molecule has 3 rings (SSSR count). The van der Waals surface area contributed by atoms with Crippen LogP contribution in [-0.2, 0) is 13.0 Å². The van der Waals surface area contributed by atoms with Crippen molar-refractivity contribution < 1.29 is 13.9 Å². The summed E-state index contributed by atoms with van der Waals surface area (Å²) in [6.07, 6.45) is 0.853. The second-order valence-corrected chi connectivity index (χ2v) is 6.72. The average Bonchev–Trinajstić information content (AvgIpc) is 2.72. The standard InChI is InChI=1S/C17H16BrFO2/c1-17(2)9-11-4-3-5-15(16(11)21-17)20-10-12-6-7-13(18)8-14(12)19/h3-8H,9-10H2,1-2H3. The zero-order valence-electron chi connectivity index (χ0n) is 12.0. The summed E-state index contributed by atoms with van der Waals surface area (Å²) in [7, 11) is 0. The smallest absolute Gasteiger partial charge is 0.165 e. The van der Waals surface area contributed by atoms with Gasteiger partial charge in [0.05, 0.1) is 0 Å². The summed E-state index contributed by atoms with van der Waals surface area (Å²) >= 11 is 3.24. The predicted molar refractivity (Wildman–Crippen MR) is 83.3 cm³/mol. The fourth-order valence-electron chi connectivity index (χ4n) is 2.50. The summed E-state index contributed by atoms with van der Waals surface area (Å²) in [5, 5.41) is 0. The lowest BCUT2D eigenvalue weighted by Crippen LogP contribution is -2.24. The van der Waals surface area contributed by atoms with Gasteiger partial charge in [-0.3, -0.25) is 0 Å². The summed E-state index contributed by atoms with van der Waals surface area (Å²) in [5.74, 6) is 1.17. The van der Waals surface area contributed by atoms with Crippen molar-refractivity contribution in [3.05, 3.63) is 57.8 Å². The average molecular weight is 351 g/mol. The van der Waals surface area contributed by atoms with E-state index < -0.39 is 0 Å². The highest BCUT2D eigenvalue weighted by molar-refractivity contribution is 9.10. The summed E-state index contributed by atoms with van der Waals surface area (Å²) in [6.45, 7) is 4.27. The summed E-state index contributed by atoms with van der Waals surface area (Å²) in [5.41, 5.74) is 1.44. The molecule has 0 spiro atoms. The summed E-state index contributed by atoms with van der Waals surface area (Å²) < 4.78 is 26.2. The Kier molecular flexibility index (Phi) is 3.66. The third-order valence-corrected chi connectivity index (χ3v) is 3.95. The van der Waals surface area contributed by atoms with Crippen molar-refractivity contribution >= 4 is 15.9 Å². The van der Waals surface area contributed by atoms with Crippen LogP contribution in [-0.4, -0.2) is 5.60 Å². The van der Waals surface area contributed by atoms with Crippen LogP contribution in [0.5, 0.6) is 11.5 Å². The summed E-state index contributed by atoms with van der Waals surface area (Å²) in [6, 6.07) is 10.8. The van der Waals surface area contributed by atoms with E-state index >= 15 is 0 Å². The van der Waals surface area contributed by atoms with Crippen LogP contribution in [0.1, 0.15) is 25.0 Å². The molecule has 0 unspecified atom stereocenters. The van der Waals surface area contributed by atoms with Crippen LogP contribution in [0.25, 0.3) is 0 Å². The fourth-order valence-corrected chi connectivity index (χ4v) is 2.83. The Bertz CT molecular complexity index is 682. The monoisotopic (exact) mass is 350 g/mol. The number of ether oxygens (including phenoxy) is 2. The maximum absolute atomic E-state index is 13.8. The van der Waals surface area contributed by atoms with Gasteiger partial charge in [0.15, 0.2) is 11.5 Å². The lowest BCUT2D eigenvalue weighted by atomic mass is 10.0. The van der Waals surface area contributed by atoms with Crippen LogP contribution in [0, 0.1) is 5.82 Å². The molecule has 0 atom stereocenters. The molecule has 110 valence electrons. The van der Waals surface area contributed by atoms with Crippen LogP contribution in [0.4, 0.5) is 4.39 Å². The molecule has 0 aliphatic carbocycles. The second-order valence-electron chi connectivity index (χ2n) is 5.81. The lowest BCUT2D eigenvalue weighted by molar-refractivity contribution is 0.131. The molecule has 2 nitrogen and oxygen atoms in total. The lowest BCUT2D eigenvalue weighted by Gasteiger charge is -2.18. The Morgan fingerprint density at radius 3 is 2.86 bits per heavy atom. The largest absolute Gasteiger partial charge is 0.485 e. The van der Waals surface area contributed by atoms with Gasteiger partial charge in [-0.05, 0) is 32.0 Å². The molecule has 0 saturated heterocycles. The maximum atomic E-state index is 13.8. The van der Waals surface area contributed by atoms with E-state index in [2.05, 4.69) is 15.9 Å². The molecular formula is C17H16BrFO2. The van der Waals surface area contributed by atoms with Gasteiger partial charge < -0.3 is 9.47 Å². The molecule has 0 aromatic heterocycles. The molecule has 2 aromatic carbocycles. The molecule has 0 radical (unpaired) electrons. The van der Waals surface area contributed by atoms with Crippen LogP contribution >= 0.6 is 15.9 Å². The normalized spacial score (nSPS) is 15.4. The Balaban J connectivity index is 1.80. The first-order valence-corrected chi connectivity index (χ1v) is 7.61. The Labute approximate surface area is 132 Å². The van der Waals surface area contributed by atoms with E-state index in [-0.39, 0.29) is 18.0 Å². The molecule has 2 aromatic rings. The molecule has 21 heavy (non-hydrogen) atoms. The van der Waals surface area contributed by atoms with E-state index in [0.717, 1.165) is 22.2 Å². The van der Waals surface area contributed by atoms with Gasteiger partial charge in [-0.1, -0.05) is 34.1 Å². The number of hydrogen-bond donors (Lipinski definition) is 0. The van der Waals surface area contributed by atoms with Gasteiger partial charge in [-0.2, -0.15) is 0 Å². The highest BCUT2D eigenvalue weighted by atomic mass is 79.9. The van der Waals surface area contributed by atoms with Gasteiger partial charge in [-0.25, -0.2) is 4.39 Å². The predicted octanol–water partition coefficient (Wildman–Crippen LogP) is 4.88. The van der Waals surface area contributed by atoms with Crippen LogP contribution in [0.2, 0.25) is 0 Å². The van der Waals surface area contributed by atoms with E-state index in [1.165, 1.54) is 6.07 Å². The summed E-state index contributed by atoms with van der Waals surface area (Å²) in [4.78, 5) is 0. The topological polar surface area (TPSA) is 18.5 Å². The zero-order chi connectivity index (χ0) is 15.0. The molecule has 4 heteroatoms. The van der Waals surface area contributed by atoms with Crippen molar-refractivity contribution in [2.45, 2.75) is 32.5 Å². The number of halogens is 2. The Morgan fingerprint density at radius 1 is 1.29 bits per heavy atom. The first kappa shape index (κ1) is 14.4. The minimum Gasteiger partial charge on any atom is -0.485 e. The van der Waals surface area contributed by atoms with Gasteiger partial charge in [0.25, 0.3) is 0 Å². The molecule has 0 saturated carbocycles. The number of para-hydroxylation sites is 1. The Morgan fingerprint density at radius 2 is 2.10 bits per heavy atom. The van der Waals surface area contributed by atoms with Gasteiger partial charge in [0.1, 0.15) is 18.0 Å². The van der Waals surface area contributed by atoms with Crippen molar-refractivity contribution in [3.63, 3.8) is 0 Å².